The Morgan fingerprint density at radius 3 is 2.31 bits per heavy atom. The van der Waals surface area contributed by atoms with E-state index in [-0.39, 0.29) is 0 Å². The van der Waals surface area contributed by atoms with Gasteiger partial charge < -0.3 is 0 Å². The fourth-order valence-electron chi connectivity index (χ4n) is 2.14. The first-order valence-corrected chi connectivity index (χ1v) is 5.35. The van der Waals surface area contributed by atoms with Crippen LogP contribution in [0.4, 0.5) is 0 Å². The number of hydrogen-bond donors (Lipinski definition) is 0. The van der Waals surface area contributed by atoms with Gasteiger partial charge >= 0.3 is 0 Å². The van der Waals surface area contributed by atoms with Gasteiger partial charge in [-0.2, -0.15) is 0 Å². The highest BCUT2D eigenvalue weighted by Gasteiger charge is 2.17. The summed E-state index contributed by atoms with van der Waals surface area (Å²) in [6.45, 7) is 0. The third-order valence-electron chi connectivity index (χ3n) is 2.88. The lowest BCUT2D eigenvalue weighted by atomic mass is 9.85. The summed E-state index contributed by atoms with van der Waals surface area (Å²) < 4.78 is 0. The molecule has 0 amide bonds. The Kier molecular flexibility index (Phi) is 2.91. The largest absolute Gasteiger partial charge is 0.130 e. The summed E-state index contributed by atoms with van der Waals surface area (Å²) in [5.41, 5.74) is 1.40. The predicted molar refractivity (Wildman–Crippen MR) is 56.4 cm³/mol. The Morgan fingerprint density at radius 1 is 0.923 bits per heavy atom. The Balaban J connectivity index is 1.90. The van der Waals surface area contributed by atoms with Gasteiger partial charge in [0.05, 0.1) is 0 Å². The standard InChI is InChI=1S/C13H17/c1-3-7-12(8-4-1)11-13-9-5-2-6-10-13/h1,3-4,7-8,11,13H,2,5-6,9-10H2/q+1. The van der Waals surface area contributed by atoms with Crippen LogP contribution in [0.5, 0.6) is 0 Å². The normalized spacial score (nSPS) is 18.5. The van der Waals surface area contributed by atoms with Gasteiger partial charge in [0, 0.05) is 24.5 Å². The van der Waals surface area contributed by atoms with E-state index in [1.165, 1.54) is 37.7 Å². The highest BCUT2D eigenvalue weighted by Crippen LogP contribution is 2.27. The number of benzene rings is 1. The lowest BCUT2D eigenvalue weighted by molar-refractivity contribution is 0.403. The number of rotatable bonds is 2. The lowest BCUT2D eigenvalue weighted by Gasteiger charge is -2.17. The van der Waals surface area contributed by atoms with Gasteiger partial charge in [-0.15, -0.1) is 0 Å². The zero-order valence-corrected chi connectivity index (χ0v) is 8.08. The van der Waals surface area contributed by atoms with Crippen molar-refractivity contribution >= 4 is 0 Å². The molecule has 0 radical (unpaired) electrons. The first-order valence-electron chi connectivity index (χ1n) is 5.35. The molecule has 1 aromatic rings. The summed E-state index contributed by atoms with van der Waals surface area (Å²) in [6.07, 6.45) is 9.53. The molecule has 0 aliphatic heterocycles. The van der Waals surface area contributed by atoms with E-state index in [2.05, 4.69) is 36.8 Å². The first kappa shape index (κ1) is 8.68. The molecule has 68 valence electrons. The van der Waals surface area contributed by atoms with Crippen molar-refractivity contribution in [1.29, 1.82) is 0 Å². The molecule has 0 aromatic heterocycles. The van der Waals surface area contributed by atoms with Crippen LogP contribution < -0.4 is 0 Å². The van der Waals surface area contributed by atoms with Crippen LogP contribution in [-0.4, -0.2) is 0 Å². The zero-order chi connectivity index (χ0) is 8.93. The summed E-state index contributed by atoms with van der Waals surface area (Å²) in [6, 6.07) is 10.7. The molecule has 0 heterocycles. The molecule has 1 saturated carbocycles. The average Bonchev–Trinajstić information content (AvgIpc) is 2.21. The van der Waals surface area contributed by atoms with Gasteiger partial charge in [0.15, 0.2) is 0 Å². The quantitative estimate of drug-likeness (QED) is 0.596. The van der Waals surface area contributed by atoms with Crippen molar-refractivity contribution in [3.05, 3.63) is 42.3 Å². The maximum absolute atomic E-state index is 2.44. The van der Waals surface area contributed by atoms with Crippen LogP contribution in [0.3, 0.4) is 0 Å². The Morgan fingerprint density at radius 2 is 1.62 bits per heavy atom. The van der Waals surface area contributed by atoms with Crippen LogP contribution in [0, 0.1) is 12.3 Å². The summed E-state index contributed by atoms with van der Waals surface area (Å²) in [5, 5.41) is 0. The molecule has 0 unspecified atom stereocenters. The summed E-state index contributed by atoms with van der Waals surface area (Å²) in [7, 11) is 0. The molecule has 1 aliphatic carbocycles. The molecule has 0 bridgehead atoms. The van der Waals surface area contributed by atoms with E-state index in [0.717, 1.165) is 5.92 Å². The molecule has 1 aliphatic rings. The number of hydrogen-bond acceptors (Lipinski definition) is 0. The predicted octanol–water partition coefficient (Wildman–Crippen LogP) is 3.82. The molecular formula is C13H17+. The SMILES string of the molecule is c1ccc([CH+]C2CCCCC2)cc1. The van der Waals surface area contributed by atoms with E-state index < -0.39 is 0 Å². The van der Waals surface area contributed by atoms with Crippen molar-refractivity contribution < 1.29 is 0 Å². The zero-order valence-electron chi connectivity index (χ0n) is 8.08. The smallest absolute Gasteiger partial charge is 0.0532 e. The maximum atomic E-state index is 2.44. The van der Waals surface area contributed by atoms with Crippen molar-refractivity contribution in [3.8, 4) is 0 Å². The molecule has 0 heteroatoms. The van der Waals surface area contributed by atoms with E-state index in [4.69, 9.17) is 0 Å². The van der Waals surface area contributed by atoms with Gasteiger partial charge in [-0.3, -0.25) is 0 Å². The minimum atomic E-state index is 0.844. The minimum absolute atomic E-state index is 0.844. The second kappa shape index (κ2) is 4.36. The molecule has 1 fully saturated rings. The molecule has 0 spiro atoms. The summed E-state index contributed by atoms with van der Waals surface area (Å²) >= 11 is 0. The lowest BCUT2D eigenvalue weighted by Crippen LogP contribution is -2.07. The minimum Gasteiger partial charge on any atom is -0.0532 e. The molecule has 0 saturated heterocycles. The molecule has 0 nitrogen and oxygen atoms in total. The van der Waals surface area contributed by atoms with Crippen LogP contribution >= 0.6 is 0 Å². The van der Waals surface area contributed by atoms with Gasteiger partial charge in [0.25, 0.3) is 0 Å². The van der Waals surface area contributed by atoms with E-state index in [9.17, 15) is 0 Å². The van der Waals surface area contributed by atoms with Gasteiger partial charge in [-0.1, -0.05) is 19.3 Å². The fourth-order valence-corrected chi connectivity index (χ4v) is 2.14. The maximum Gasteiger partial charge on any atom is 0.130 e. The summed E-state index contributed by atoms with van der Waals surface area (Å²) in [4.78, 5) is 0. The Hall–Kier alpha value is -0.910. The van der Waals surface area contributed by atoms with Crippen LogP contribution in [0.25, 0.3) is 0 Å². The van der Waals surface area contributed by atoms with E-state index in [1.807, 2.05) is 0 Å². The molecule has 0 N–H and O–H groups in total. The van der Waals surface area contributed by atoms with Crippen molar-refractivity contribution in [1.82, 2.24) is 0 Å². The van der Waals surface area contributed by atoms with Crippen LogP contribution in [0.1, 0.15) is 37.7 Å². The van der Waals surface area contributed by atoms with E-state index >= 15 is 0 Å². The third-order valence-corrected chi connectivity index (χ3v) is 2.88. The van der Waals surface area contributed by atoms with Gasteiger partial charge in [-0.25, -0.2) is 0 Å². The van der Waals surface area contributed by atoms with Gasteiger partial charge in [0.1, 0.15) is 5.56 Å². The monoisotopic (exact) mass is 173 g/mol. The van der Waals surface area contributed by atoms with Gasteiger partial charge in [-0.05, 0) is 31.0 Å². The van der Waals surface area contributed by atoms with E-state index in [1.54, 1.807) is 0 Å². The van der Waals surface area contributed by atoms with Crippen molar-refractivity contribution in [2.45, 2.75) is 32.1 Å². The molecule has 13 heavy (non-hydrogen) atoms. The third kappa shape index (κ3) is 2.51. The highest BCUT2D eigenvalue weighted by molar-refractivity contribution is 5.23. The molecular weight excluding hydrogens is 156 g/mol. The van der Waals surface area contributed by atoms with Crippen LogP contribution in [-0.2, 0) is 0 Å². The van der Waals surface area contributed by atoms with Crippen molar-refractivity contribution in [2.75, 3.05) is 0 Å². The van der Waals surface area contributed by atoms with Gasteiger partial charge in [0.2, 0.25) is 0 Å². The van der Waals surface area contributed by atoms with Crippen LogP contribution in [0.2, 0.25) is 0 Å². The first-order chi connectivity index (χ1) is 6.45. The van der Waals surface area contributed by atoms with Crippen LogP contribution in [0.15, 0.2) is 30.3 Å². The fraction of sp³-hybridized carbons (Fsp3) is 0.462. The Bertz CT molecular complexity index is 231. The molecule has 1 aromatic carbocycles. The summed E-state index contributed by atoms with van der Waals surface area (Å²) in [5.74, 6) is 0.844. The Labute approximate surface area is 81.0 Å². The van der Waals surface area contributed by atoms with Crippen molar-refractivity contribution in [2.24, 2.45) is 5.92 Å². The second-order valence-corrected chi connectivity index (χ2v) is 3.98. The van der Waals surface area contributed by atoms with E-state index in [0.29, 0.717) is 0 Å². The van der Waals surface area contributed by atoms with Crippen molar-refractivity contribution in [3.63, 3.8) is 0 Å². The topological polar surface area (TPSA) is 0 Å². The molecule has 0 atom stereocenters. The second-order valence-electron chi connectivity index (χ2n) is 3.98. The highest BCUT2D eigenvalue weighted by atomic mass is 14.2. The molecule has 2 rings (SSSR count). The average molecular weight is 173 g/mol.